The largest absolute Gasteiger partial charge is 0.422 e. The van der Waals surface area contributed by atoms with Crippen LogP contribution in [-0.2, 0) is 4.79 Å². The number of benzene rings is 2. The number of ketones is 1. The van der Waals surface area contributed by atoms with Gasteiger partial charge in [-0.15, -0.1) is 0 Å². The number of anilines is 1. The summed E-state index contributed by atoms with van der Waals surface area (Å²) in [6.45, 7) is 3.18. The van der Waals surface area contributed by atoms with Crippen molar-refractivity contribution in [2.24, 2.45) is 0 Å². The fraction of sp³-hybridized carbons (Fsp3) is 0.200. The van der Waals surface area contributed by atoms with Gasteiger partial charge in [0.25, 0.3) is 0 Å². The average Bonchev–Trinajstić information content (AvgIpc) is 2.66. The van der Waals surface area contributed by atoms with E-state index in [0.717, 1.165) is 26.2 Å². The van der Waals surface area contributed by atoms with Crippen molar-refractivity contribution in [3.8, 4) is 5.75 Å². The maximum Gasteiger partial charge on any atom is 0.349 e. The van der Waals surface area contributed by atoms with Crippen molar-refractivity contribution in [2.75, 3.05) is 31.1 Å². The minimum absolute atomic E-state index is 0.104. The average molecular weight is 334 g/mol. The fourth-order valence-corrected chi connectivity index (χ4v) is 3.18. The van der Waals surface area contributed by atoms with E-state index in [0.29, 0.717) is 11.3 Å². The standard InChI is InChI=1S/C20H18N2O3/c23-19-16-8-4-5-9-18(16)25-20(24)17(19)14-21-10-12-22(13-11-21)15-6-2-1-3-7-15/h1-9,14H,10-13H2/b17-14+. The summed E-state index contributed by atoms with van der Waals surface area (Å²) in [5.74, 6) is -0.505. The van der Waals surface area contributed by atoms with Crippen LogP contribution in [0.3, 0.4) is 0 Å². The van der Waals surface area contributed by atoms with Crippen molar-refractivity contribution in [2.45, 2.75) is 0 Å². The molecule has 0 spiro atoms. The van der Waals surface area contributed by atoms with Gasteiger partial charge in [0.15, 0.2) is 0 Å². The van der Waals surface area contributed by atoms with Crippen LogP contribution in [0, 0.1) is 0 Å². The summed E-state index contributed by atoms with van der Waals surface area (Å²) in [5, 5.41) is 0. The highest BCUT2D eigenvalue weighted by molar-refractivity contribution is 6.27. The van der Waals surface area contributed by atoms with Crippen LogP contribution in [0.4, 0.5) is 5.69 Å². The van der Waals surface area contributed by atoms with Gasteiger partial charge in [0.2, 0.25) is 5.78 Å². The Balaban J connectivity index is 1.49. The van der Waals surface area contributed by atoms with E-state index >= 15 is 0 Å². The lowest BCUT2D eigenvalue weighted by Gasteiger charge is -2.36. The molecule has 2 heterocycles. The first-order chi connectivity index (χ1) is 12.2. The van der Waals surface area contributed by atoms with E-state index < -0.39 is 5.97 Å². The third-order valence-corrected chi connectivity index (χ3v) is 4.55. The van der Waals surface area contributed by atoms with E-state index in [-0.39, 0.29) is 11.4 Å². The number of nitrogens with zero attached hydrogens (tertiary/aromatic N) is 2. The number of carbonyl (C=O) groups excluding carboxylic acids is 2. The van der Waals surface area contributed by atoms with E-state index in [9.17, 15) is 9.59 Å². The Kier molecular flexibility index (Phi) is 3.98. The van der Waals surface area contributed by atoms with Crippen LogP contribution >= 0.6 is 0 Å². The number of piperazine rings is 1. The molecule has 0 N–H and O–H groups in total. The first kappa shape index (κ1) is 15.4. The predicted molar refractivity (Wildman–Crippen MR) is 94.7 cm³/mol. The Hall–Kier alpha value is -3.08. The highest BCUT2D eigenvalue weighted by atomic mass is 16.5. The summed E-state index contributed by atoms with van der Waals surface area (Å²) in [6, 6.07) is 17.1. The molecule has 0 amide bonds. The van der Waals surface area contributed by atoms with Gasteiger partial charge in [-0.3, -0.25) is 4.79 Å². The van der Waals surface area contributed by atoms with Gasteiger partial charge in [-0.1, -0.05) is 30.3 Å². The van der Waals surface area contributed by atoms with E-state index in [1.165, 1.54) is 5.69 Å². The summed E-state index contributed by atoms with van der Waals surface area (Å²) in [4.78, 5) is 29.1. The molecule has 0 aliphatic carbocycles. The van der Waals surface area contributed by atoms with Gasteiger partial charge < -0.3 is 14.5 Å². The molecule has 126 valence electrons. The summed E-state index contributed by atoms with van der Waals surface area (Å²) < 4.78 is 5.28. The first-order valence-corrected chi connectivity index (χ1v) is 8.34. The van der Waals surface area contributed by atoms with Crippen molar-refractivity contribution >= 4 is 17.4 Å². The maximum atomic E-state index is 12.6. The second kappa shape index (κ2) is 6.43. The summed E-state index contributed by atoms with van der Waals surface area (Å²) in [6.07, 6.45) is 1.66. The molecule has 1 saturated heterocycles. The lowest BCUT2D eigenvalue weighted by molar-refractivity contribution is -0.130. The number of esters is 1. The van der Waals surface area contributed by atoms with E-state index in [4.69, 9.17) is 4.74 Å². The molecular weight excluding hydrogens is 316 g/mol. The number of fused-ring (bicyclic) bond motifs is 1. The zero-order valence-electron chi connectivity index (χ0n) is 13.7. The maximum absolute atomic E-state index is 12.6. The molecule has 0 atom stereocenters. The lowest BCUT2D eigenvalue weighted by atomic mass is 10.0. The molecule has 4 rings (SSSR count). The van der Waals surface area contributed by atoms with Crippen molar-refractivity contribution in [3.63, 3.8) is 0 Å². The normalized spacial score (nSPS) is 19.0. The highest BCUT2D eigenvalue weighted by Gasteiger charge is 2.31. The van der Waals surface area contributed by atoms with Gasteiger partial charge in [-0.2, -0.15) is 0 Å². The third-order valence-electron chi connectivity index (χ3n) is 4.55. The van der Waals surface area contributed by atoms with Crippen LogP contribution in [0.2, 0.25) is 0 Å². The molecular formula is C20H18N2O3. The summed E-state index contributed by atoms with van der Waals surface area (Å²) >= 11 is 0. The number of hydrogen-bond donors (Lipinski definition) is 0. The highest BCUT2D eigenvalue weighted by Crippen LogP contribution is 2.27. The molecule has 2 aromatic rings. The van der Waals surface area contributed by atoms with Crippen LogP contribution < -0.4 is 9.64 Å². The zero-order valence-corrected chi connectivity index (χ0v) is 13.7. The van der Waals surface area contributed by atoms with Gasteiger partial charge in [0, 0.05) is 38.1 Å². The molecule has 5 heteroatoms. The van der Waals surface area contributed by atoms with Gasteiger partial charge in [-0.05, 0) is 24.3 Å². The van der Waals surface area contributed by atoms with Crippen molar-refractivity contribution in [3.05, 3.63) is 71.9 Å². The van der Waals surface area contributed by atoms with E-state index in [1.54, 1.807) is 30.5 Å². The van der Waals surface area contributed by atoms with Crippen LogP contribution in [-0.4, -0.2) is 42.8 Å². The second-order valence-electron chi connectivity index (χ2n) is 6.12. The SMILES string of the molecule is O=C1Oc2ccccc2C(=O)/C1=C\N1CCN(c2ccccc2)CC1. The van der Waals surface area contributed by atoms with Gasteiger partial charge in [0.05, 0.1) is 5.56 Å². The Morgan fingerprint density at radius 3 is 2.28 bits per heavy atom. The van der Waals surface area contributed by atoms with E-state index in [2.05, 4.69) is 17.0 Å². The smallest absolute Gasteiger partial charge is 0.349 e. The van der Waals surface area contributed by atoms with Crippen molar-refractivity contribution < 1.29 is 14.3 Å². The Labute approximate surface area is 146 Å². The second-order valence-corrected chi connectivity index (χ2v) is 6.12. The number of rotatable bonds is 2. The topological polar surface area (TPSA) is 49.9 Å². The molecule has 2 aliphatic rings. The quantitative estimate of drug-likeness (QED) is 0.365. The summed E-state index contributed by atoms with van der Waals surface area (Å²) in [7, 11) is 0. The molecule has 2 aliphatic heterocycles. The zero-order chi connectivity index (χ0) is 17.2. The molecule has 0 saturated carbocycles. The number of para-hydroxylation sites is 2. The van der Waals surface area contributed by atoms with Crippen LogP contribution in [0.25, 0.3) is 0 Å². The van der Waals surface area contributed by atoms with Gasteiger partial charge in [-0.25, -0.2) is 4.79 Å². The third kappa shape index (κ3) is 3.01. The molecule has 25 heavy (non-hydrogen) atoms. The molecule has 1 fully saturated rings. The Morgan fingerprint density at radius 1 is 0.840 bits per heavy atom. The minimum Gasteiger partial charge on any atom is -0.422 e. The molecule has 0 unspecified atom stereocenters. The number of carbonyl (C=O) groups is 2. The molecule has 0 radical (unpaired) electrons. The van der Waals surface area contributed by atoms with Crippen LogP contribution in [0.5, 0.6) is 5.75 Å². The fourth-order valence-electron chi connectivity index (χ4n) is 3.18. The van der Waals surface area contributed by atoms with Gasteiger partial charge >= 0.3 is 5.97 Å². The van der Waals surface area contributed by atoms with Crippen molar-refractivity contribution in [1.82, 2.24) is 4.90 Å². The molecule has 2 aromatic carbocycles. The Morgan fingerprint density at radius 2 is 1.52 bits per heavy atom. The molecule has 0 bridgehead atoms. The number of hydrogen-bond acceptors (Lipinski definition) is 5. The van der Waals surface area contributed by atoms with Crippen LogP contribution in [0.1, 0.15) is 10.4 Å². The van der Waals surface area contributed by atoms with Gasteiger partial charge in [0.1, 0.15) is 11.3 Å². The molecule has 5 nitrogen and oxygen atoms in total. The first-order valence-electron chi connectivity index (χ1n) is 8.34. The number of Topliss-reactive ketones (excluding diaryl/α,β-unsaturated/α-hetero) is 1. The van der Waals surface area contributed by atoms with E-state index in [1.807, 2.05) is 23.1 Å². The summed E-state index contributed by atoms with van der Waals surface area (Å²) in [5.41, 5.74) is 1.74. The minimum atomic E-state index is -0.575. The monoisotopic (exact) mass is 334 g/mol. The lowest BCUT2D eigenvalue weighted by Crippen LogP contribution is -2.44. The predicted octanol–water partition coefficient (Wildman–Crippen LogP) is 2.49. The molecule has 0 aromatic heterocycles. The van der Waals surface area contributed by atoms with Crippen molar-refractivity contribution in [1.29, 1.82) is 0 Å². The Bertz CT molecular complexity index is 837. The number of ether oxygens (including phenoxy) is 1. The van der Waals surface area contributed by atoms with Crippen LogP contribution in [0.15, 0.2) is 66.4 Å².